The molecule has 53 heavy (non-hydrogen) atoms. The quantitative estimate of drug-likeness (QED) is 0.168. The van der Waals surface area contributed by atoms with E-state index in [0.29, 0.717) is 17.5 Å². The van der Waals surface area contributed by atoms with E-state index in [1.54, 1.807) is 0 Å². The summed E-state index contributed by atoms with van der Waals surface area (Å²) in [6, 6.07) is 62.9. The molecule has 250 valence electrons. The lowest BCUT2D eigenvalue weighted by molar-refractivity contribution is 1.07. The Morgan fingerprint density at radius 3 is 1.74 bits per heavy atom. The fraction of sp³-hybridized carbons (Fsp3) is 0.0408. The van der Waals surface area contributed by atoms with Gasteiger partial charge in [-0.2, -0.15) is 0 Å². The summed E-state index contributed by atoms with van der Waals surface area (Å²) in [6.07, 6.45) is 0. The molecule has 0 atom stereocenters. The van der Waals surface area contributed by atoms with Gasteiger partial charge in [-0.1, -0.05) is 177 Å². The minimum absolute atomic E-state index is 0.652. The van der Waals surface area contributed by atoms with Gasteiger partial charge in [0.1, 0.15) is 8.07 Å². The molecule has 0 radical (unpaired) electrons. The highest BCUT2D eigenvalue weighted by molar-refractivity contribution is 7.05. The summed E-state index contributed by atoms with van der Waals surface area (Å²) in [6.45, 7) is 4.95. The van der Waals surface area contributed by atoms with E-state index in [9.17, 15) is 0 Å². The average molecular weight is 694 g/mol. The molecule has 0 aliphatic carbocycles. The third-order valence-electron chi connectivity index (χ3n) is 10.9. The molecule has 0 bridgehead atoms. The van der Waals surface area contributed by atoms with Crippen LogP contribution in [0.2, 0.25) is 13.1 Å². The summed E-state index contributed by atoms with van der Waals surface area (Å²) < 4.78 is 0. The minimum atomic E-state index is -1.94. The Balaban J connectivity index is 1.13. The van der Waals surface area contributed by atoms with Gasteiger partial charge in [0.2, 0.25) is 0 Å². The van der Waals surface area contributed by atoms with E-state index < -0.39 is 8.07 Å². The highest BCUT2D eigenvalue weighted by atomic mass is 28.3. The van der Waals surface area contributed by atoms with Gasteiger partial charge in [-0.15, -0.1) is 0 Å². The van der Waals surface area contributed by atoms with Gasteiger partial charge in [-0.05, 0) is 77.4 Å². The van der Waals surface area contributed by atoms with Crippen molar-refractivity contribution < 1.29 is 0 Å². The Morgan fingerprint density at radius 1 is 0.340 bits per heavy atom. The van der Waals surface area contributed by atoms with Crippen molar-refractivity contribution in [3.63, 3.8) is 0 Å². The molecular formula is C49H35N3Si. The Morgan fingerprint density at radius 2 is 0.925 bits per heavy atom. The molecule has 8 aromatic carbocycles. The molecular weight excluding hydrogens is 659 g/mol. The van der Waals surface area contributed by atoms with E-state index in [1.807, 2.05) is 6.07 Å². The molecule has 1 aliphatic heterocycles. The summed E-state index contributed by atoms with van der Waals surface area (Å²) in [5.74, 6) is 1.98. The maximum atomic E-state index is 5.24. The van der Waals surface area contributed by atoms with Crippen LogP contribution in [0.1, 0.15) is 0 Å². The zero-order chi connectivity index (χ0) is 35.5. The predicted molar refractivity (Wildman–Crippen MR) is 224 cm³/mol. The second kappa shape index (κ2) is 12.3. The second-order valence-corrected chi connectivity index (χ2v) is 18.7. The Bertz CT molecular complexity index is 2860. The van der Waals surface area contributed by atoms with E-state index in [0.717, 1.165) is 33.4 Å². The zero-order valence-electron chi connectivity index (χ0n) is 29.6. The van der Waals surface area contributed by atoms with Crippen molar-refractivity contribution in [1.29, 1.82) is 0 Å². The maximum Gasteiger partial charge on any atom is 0.164 e. The fourth-order valence-corrected chi connectivity index (χ4v) is 11.7. The molecule has 0 saturated carbocycles. The standard InChI is InChI=1S/C49H35N3Si/c1-53(2)45-29-27-39(31-44(45)42-28-26-35-15-8-9-18-41(35)46(42)53)48-50-47(51-49(52-48)43-19-11-10-17-40(43)34-13-4-3-5-14-34)36-23-20-33(21-24-36)38-25-22-32-12-6-7-16-37(32)30-38/h3-31H,1-2H3. The summed E-state index contributed by atoms with van der Waals surface area (Å²) in [5.41, 5.74) is 10.1. The molecule has 9 aromatic rings. The predicted octanol–water partition coefficient (Wildman–Crippen LogP) is 11.3. The summed E-state index contributed by atoms with van der Waals surface area (Å²) >= 11 is 0. The summed E-state index contributed by atoms with van der Waals surface area (Å²) in [5, 5.41) is 8.12. The number of aromatic nitrogens is 3. The number of nitrogens with zero attached hydrogens (tertiary/aromatic N) is 3. The molecule has 1 aromatic heterocycles. The van der Waals surface area contributed by atoms with Gasteiger partial charge < -0.3 is 0 Å². The van der Waals surface area contributed by atoms with Crippen molar-refractivity contribution in [3.05, 3.63) is 176 Å². The lowest BCUT2D eigenvalue weighted by Gasteiger charge is -2.20. The first-order valence-corrected chi connectivity index (χ1v) is 21.2. The number of rotatable bonds is 5. The first-order chi connectivity index (χ1) is 26.0. The number of fused-ring (bicyclic) bond motifs is 6. The van der Waals surface area contributed by atoms with E-state index in [4.69, 9.17) is 15.0 Å². The normalized spacial score (nSPS) is 12.9. The van der Waals surface area contributed by atoms with Crippen LogP contribution in [0.5, 0.6) is 0 Å². The first-order valence-electron chi connectivity index (χ1n) is 18.2. The van der Waals surface area contributed by atoms with Crippen molar-refractivity contribution in [2.75, 3.05) is 0 Å². The summed E-state index contributed by atoms with van der Waals surface area (Å²) in [7, 11) is -1.94. The SMILES string of the molecule is C[Si]1(C)c2ccc(-c3nc(-c4ccc(-c5ccc6ccccc6c5)cc4)nc(-c4ccccc4-c4ccccc4)n3)cc2-c2ccc3ccccc3c21. The van der Waals surface area contributed by atoms with Crippen molar-refractivity contribution >= 4 is 40.0 Å². The molecule has 0 saturated heterocycles. The van der Waals surface area contributed by atoms with Gasteiger partial charge >= 0.3 is 0 Å². The number of hydrogen-bond acceptors (Lipinski definition) is 3. The highest BCUT2D eigenvalue weighted by Gasteiger charge is 2.39. The molecule has 3 nitrogen and oxygen atoms in total. The minimum Gasteiger partial charge on any atom is -0.208 e. The van der Waals surface area contributed by atoms with E-state index in [2.05, 4.69) is 183 Å². The van der Waals surface area contributed by atoms with Crippen LogP contribution in [0.4, 0.5) is 0 Å². The van der Waals surface area contributed by atoms with Gasteiger partial charge in [-0.25, -0.2) is 15.0 Å². The Hall–Kier alpha value is -6.49. The largest absolute Gasteiger partial charge is 0.208 e. The van der Waals surface area contributed by atoms with Crippen molar-refractivity contribution in [2.45, 2.75) is 13.1 Å². The van der Waals surface area contributed by atoms with Crippen LogP contribution in [0.25, 0.3) is 89.1 Å². The molecule has 2 heterocycles. The molecule has 0 unspecified atom stereocenters. The molecule has 0 amide bonds. The zero-order valence-corrected chi connectivity index (χ0v) is 30.6. The van der Waals surface area contributed by atoms with Crippen LogP contribution < -0.4 is 10.4 Å². The van der Waals surface area contributed by atoms with Crippen LogP contribution >= 0.6 is 0 Å². The average Bonchev–Trinajstić information content (AvgIpc) is 3.46. The molecule has 0 spiro atoms. The molecule has 10 rings (SSSR count). The topological polar surface area (TPSA) is 38.7 Å². The van der Waals surface area contributed by atoms with Gasteiger partial charge in [0, 0.05) is 16.7 Å². The number of hydrogen-bond donors (Lipinski definition) is 0. The van der Waals surface area contributed by atoms with Crippen LogP contribution in [0, 0.1) is 0 Å². The Kier molecular flexibility index (Phi) is 7.27. The third kappa shape index (κ3) is 5.30. The van der Waals surface area contributed by atoms with E-state index in [-0.39, 0.29) is 0 Å². The second-order valence-electron chi connectivity index (χ2n) is 14.5. The van der Waals surface area contributed by atoms with Gasteiger partial charge in [0.05, 0.1) is 0 Å². The molecule has 4 heteroatoms. The van der Waals surface area contributed by atoms with Crippen molar-refractivity contribution in [1.82, 2.24) is 15.0 Å². The smallest absolute Gasteiger partial charge is 0.164 e. The fourth-order valence-electron chi connectivity index (χ4n) is 8.24. The molecule has 0 N–H and O–H groups in total. The van der Waals surface area contributed by atoms with Crippen molar-refractivity contribution in [2.24, 2.45) is 0 Å². The van der Waals surface area contributed by atoms with Crippen LogP contribution in [-0.4, -0.2) is 23.0 Å². The van der Waals surface area contributed by atoms with Gasteiger partial charge in [0.25, 0.3) is 0 Å². The van der Waals surface area contributed by atoms with E-state index >= 15 is 0 Å². The lowest BCUT2D eigenvalue weighted by atomic mass is 9.98. The van der Waals surface area contributed by atoms with Gasteiger partial charge in [0.15, 0.2) is 17.5 Å². The van der Waals surface area contributed by atoms with Gasteiger partial charge in [-0.3, -0.25) is 0 Å². The van der Waals surface area contributed by atoms with Crippen LogP contribution in [0.3, 0.4) is 0 Å². The summed E-state index contributed by atoms with van der Waals surface area (Å²) in [4.78, 5) is 15.6. The highest BCUT2D eigenvalue weighted by Crippen LogP contribution is 2.37. The van der Waals surface area contributed by atoms with Crippen LogP contribution in [0.15, 0.2) is 176 Å². The molecule has 0 fully saturated rings. The Labute approximate surface area is 310 Å². The monoisotopic (exact) mass is 693 g/mol. The van der Waals surface area contributed by atoms with E-state index in [1.165, 1.54) is 48.6 Å². The first kappa shape index (κ1) is 31.3. The third-order valence-corrected chi connectivity index (χ3v) is 14.5. The van der Waals surface area contributed by atoms with Crippen LogP contribution in [-0.2, 0) is 0 Å². The lowest BCUT2D eigenvalue weighted by Crippen LogP contribution is -2.49. The molecule has 1 aliphatic rings. The number of benzene rings is 8. The van der Waals surface area contributed by atoms with Crippen molar-refractivity contribution in [3.8, 4) is 67.5 Å². The maximum absolute atomic E-state index is 5.24.